The van der Waals surface area contributed by atoms with Crippen LogP contribution in [0, 0.1) is 0 Å². The molecule has 2 nitrogen and oxygen atoms in total. The summed E-state index contributed by atoms with van der Waals surface area (Å²) in [7, 11) is 0. The lowest BCUT2D eigenvalue weighted by Gasteiger charge is -2.22. The van der Waals surface area contributed by atoms with Crippen molar-refractivity contribution >= 4 is 16.7 Å². The predicted molar refractivity (Wildman–Crippen MR) is 91.1 cm³/mol. The van der Waals surface area contributed by atoms with Crippen LogP contribution in [0.15, 0.2) is 46.9 Å². The van der Waals surface area contributed by atoms with Crippen LogP contribution < -0.4 is 5.32 Å². The van der Waals surface area contributed by atoms with E-state index in [2.05, 4.69) is 47.8 Å². The molecule has 1 saturated carbocycles. The minimum Gasteiger partial charge on any atom is -0.440 e. The van der Waals surface area contributed by atoms with Gasteiger partial charge in [0.2, 0.25) is 0 Å². The normalized spacial score (nSPS) is 16.9. The molecular formula is C20H19NO. The molecule has 0 atom stereocenters. The number of hydrogen-bond acceptors (Lipinski definition) is 2. The maximum Gasteiger partial charge on any atom is 0.194 e. The first-order chi connectivity index (χ1) is 10.9. The number of anilines is 1. The van der Waals surface area contributed by atoms with Crippen LogP contribution >= 0.6 is 0 Å². The average Bonchev–Trinajstić information content (AvgIpc) is 3.09. The molecule has 0 spiro atoms. The Morgan fingerprint density at radius 1 is 0.864 bits per heavy atom. The van der Waals surface area contributed by atoms with E-state index in [4.69, 9.17) is 4.42 Å². The second kappa shape index (κ2) is 4.64. The van der Waals surface area contributed by atoms with Crippen LogP contribution in [0.2, 0.25) is 0 Å². The SMILES string of the molecule is c1cc2c3c(cccc3c1)-c1oc(NC3CCCCC3)cc1-2. The zero-order chi connectivity index (χ0) is 14.5. The summed E-state index contributed by atoms with van der Waals surface area (Å²) in [4.78, 5) is 0. The van der Waals surface area contributed by atoms with Crippen molar-refractivity contribution in [1.29, 1.82) is 0 Å². The number of nitrogens with one attached hydrogen (secondary N) is 1. The number of rotatable bonds is 2. The molecule has 0 radical (unpaired) electrons. The lowest BCUT2D eigenvalue weighted by molar-refractivity contribution is 0.451. The van der Waals surface area contributed by atoms with Crippen LogP contribution in [0.3, 0.4) is 0 Å². The second-order valence-electron chi connectivity index (χ2n) is 6.54. The van der Waals surface area contributed by atoms with Gasteiger partial charge in [-0.2, -0.15) is 0 Å². The molecular weight excluding hydrogens is 270 g/mol. The molecule has 1 heterocycles. The molecule has 0 aliphatic heterocycles. The van der Waals surface area contributed by atoms with Gasteiger partial charge in [0.15, 0.2) is 5.88 Å². The van der Waals surface area contributed by atoms with Crippen LogP contribution in [-0.4, -0.2) is 6.04 Å². The third kappa shape index (κ3) is 1.73. The molecule has 2 aliphatic carbocycles. The Hall–Kier alpha value is -2.22. The van der Waals surface area contributed by atoms with Gasteiger partial charge in [-0.15, -0.1) is 0 Å². The highest BCUT2D eigenvalue weighted by Gasteiger charge is 2.26. The van der Waals surface area contributed by atoms with E-state index < -0.39 is 0 Å². The zero-order valence-electron chi connectivity index (χ0n) is 12.6. The summed E-state index contributed by atoms with van der Waals surface area (Å²) in [5.74, 6) is 1.97. The van der Waals surface area contributed by atoms with E-state index in [1.807, 2.05) is 0 Å². The van der Waals surface area contributed by atoms with Crippen LogP contribution in [0.5, 0.6) is 0 Å². The van der Waals surface area contributed by atoms with Gasteiger partial charge in [-0.1, -0.05) is 55.7 Å². The quantitative estimate of drug-likeness (QED) is 0.502. The molecule has 0 unspecified atom stereocenters. The summed E-state index contributed by atoms with van der Waals surface area (Å²) >= 11 is 0. The molecule has 1 fully saturated rings. The third-order valence-electron chi connectivity index (χ3n) is 5.12. The van der Waals surface area contributed by atoms with E-state index in [0.717, 1.165) is 11.6 Å². The van der Waals surface area contributed by atoms with Crippen molar-refractivity contribution < 1.29 is 4.42 Å². The van der Waals surface area contributed by atoms with Crippen molar-refractivity contribution in [1.82, 2.24) is 0 Å². The Labute approximate surface area is 130 Å². The standard InChI is InChI=1S/C20H19NO/c1-2-8-14(9-3-1)21-18-12-17-15-10-4-6-13-7-5-11-16(19(13)15)20(17)22-18/h4-7,10-12,14,21H,1-3,8-9H2. The molecule has 2 heteroatoms. The van der Waals surface area contributed by atoms with Crippen LogP contribution in [-0.2, 0) is 0 Å². The van der Waals surface area contributed by atoms with Gasteiger partial charge in [-0.25, -0.2) is 0 Å². The summed E-state index contributed by atoms with van der Waals surface area (Å²) in [5.41, 5.74) is 3.79. The number of furan rings is 1. The molecule has 22 heavy (non-hydrogen) atoms. The predicted octanol–water partition coefficient (Wildman–Crippen LogP) is 5.82. The smallest absolute Gasteiger partial charge is 0.194 e. The highest BCUT2D eigenvalue weighted by Crippen LogP contribution is 2.49. The Bertz CT molecular complexity index is 799. The van der Waals surface area contributed by atoms with Crippen LogP contribution in [0.4, 0.5) is 5.88 Å². The van der Waals surface area contributed by atoms with E-state index >= 15 is 0 Å². The molecule has 2 aliphatic rings. The zero-order valence-corrected chi connectivity index (χ0v) is 12.6. The fourth-order valence-corrected chi connectivity index (χ4v) is 4.07. The number of fused-ring (bicyclic) bond motifs is 3. The molecule has 110 valence electrons. The highest BCUT2D eigenvalue weighted by atomic mass is 16.4. The van der Waals surface area contributed by atoms with Crippen LogP contribution in [0.1, 0.15) is 32.1 Å². The van der Waals surface area contributed by atoms with E-state index in [0.29, 0.717) is 6.04 Å². The van der Waals surface area contributed by atoms with Crippen molar-refractivity contribution in [3.05, 3.63) is 42.5 Å². The maximum absolute atomic E-state index is 6.19. The number of hydrogen-bond donors (Lipinski definition) is 1. The average molecular weight is 289 g/mol. The molecule has 5 rings (SSSR count). The lowest BCUT2D eigenvalue weighted by Crippen LogP contribution is -2.21. The van der Waals surface area contributed by atoms with Crippen LogP contribution in [0.25, 0.3) is 33.2 Å². The fraction of sp³-hybridized carbons (Fsp3) is 0.300. The van der Waals surface area contributed by atoms with Gasteiger partial charge >= 0.3 is 0 Å². The topological polar surface area (TPSA) is 25.2 Å². The van der Waals surface area contributed by atoms with Crippen molar-refractivity contribution in [2.45, 2.75) is 38.1 Å². The largest absolute Gasteiger partial charge is 0.440 e. The summed E-state index contributed by atoms with van der Waals surface area (Å²) in [5, 5.41) is 6.24. The highest BCUT2D eigenvalue weighted by molar-refractivity contribution is 6.14. The van der Waals surface area contributed by atoms with Gasteiger partial charge in [-0.3, -0.25) is 0 Å². The minimum atomic E-state index is 0.575. The Kier molecular flexibility index (Phi) is 2.60. The van der Waals surface area contributed by atoms with Crippen molar-refractivity contribution in [2.24, 2.45) is 0 Å². The van der Waals surface area contributed by atoms with Gasteiger partial charge in [-0.05, 0) is 23.8 Å². The fourth-order valence-electron chi connectivity index (χ4n) is 4.07. The van der Waals surface area contributed by atoms with Crippen molar-refractivity contribution in [3.63, 3.8) is 0 Å². The molecule has 0 saturated heterocycles. The first-order valence-electron chi connectivity index (χ1n) is 8.33. The summed E-state index contributed by atoms with van der Waals surface area (Å²) < 4.78 is 6.19. The molecule has 3 aromatic rings. The Balaban J connectivity index is 1.57. The molecule has 1 N–H and O–H groups in total. The van der Waals surface area contributed by atoms with Gasteiger partial charge in [0.05, 0.1) is 0 Å². The summed E-state index contributed by atoms with van der Waals surface area (Å²) in [6.45, 7) is 0. The first-order valence-corrected chi connectivity index (χ1v) is 8.33. The minimum absolute atomic E-state index is 0.575. The number of benzene rings is 2. The molecule has 1 aromatic heterocycles. The third-order valence-corrected chi connectivity index (χ3v) is 5.12. The Morgan fingerprint density at radius 2 is 1.64 bits per heavy atom. The first kappa shape index (κ1) is 12.3. The Morgan fingerprint density at radius 3 is 2.45 bits per heavy atom. The van der Waals surface area contributed by atoms with Gasteiger partial charge in [0.1, 0.15) is 5.76 Å². The monoisotopic (exact) mass is 289 g/mol. The summed E-state index contributed by atoms with van der Waals surface area (Å²) in [6.07, 6.45) is 6.57. The molecule has 2 aromatic carbocycles. The van der Waals surface area contributed by atoms with Gasteiger partial charge < -0.3 is 9.73 Å². The maximum atomic E-state index is 6.19. The van der Waals surface area contributed by atoms with Crippen molar-refractivity contribution in [2.75, 3.05) is 5.32 Å². The van der Waals surface area contributed by atoms with E-state index in [1.165, 1.54) is 59.6 Å². The summed E-state index contributed by atoms with van der Waals surface area (Å²) in [6, 6.07) is 15.8. The van der Waals surface area contributed by atoms with E-state index in [1.54, 1.807) is 0 Å². The van der Waals surface area contributed by atoms with Crippen molar-refractivity contribution in [3.8, 4) is 22.5 Å². The molecule has 0 amide bonds. The van der Waals surface area contributed by atoms with E-state index in [-0.39, 0.29) is 0 Å². The van der Waals surface area contributed by atoms with Gasteiger partial charge in [0.25, 0.3) is 0 Å². The molecule has 0 bridgehead atoms. The van der Waals surface area contributed by atoms with Gasteiger partial charge in [0, 0.05) is 28.6 Å². The second-order valence-corrected chi connectivity index (χ2v) is 6.54. The lowest BCUT2D eigenvalue weighted by atomic mass is 9.95. The van der Waals surface area contributed by atoms with E-state index in [9.17, 15) is 0 Å².